The number of halogens is 6. The van der Waals surface area contributed by atoms with Crippen molar-refractivity contribution in [3.63, 3.8) is 0 Å². The lowest BCUT2D eigenvalue weighted by Gasteiger charge is -2.41. The number of carbonyl (C=O) groups excluding carboxylic acids is 2. The summed E-state index contributed by atoms with van der Waals surface area (Å²) in [5.74, 6) is -0.850. The van der Waals surface area contributed by atoms with E-state index in [2.05, 4.69) is 10.6 Å². The zero-order valence-corrected chi connectivity index (χ0v) is 18.9. The lowest BCUT2D eigenvalue weighted by Crippen LogP contribution is -2.60. The second-order valence-electron chi connectivity index (χ2n) is 8.52. The quantitative estimate of drug-likeness (QED) is 0.540. The van der Waals surface area contributed by atoms with Gasteiger partial charge in [0.2, 0.25) is 11.8 Å². The number of hydrogen-bond donors (Lipinski definition) is 2. The van der Waals surface area contributed by atoms with E-state index >= 15 is 0 Å². The van der Waals surface area contributed by atoms with Crippen LogP contribution in [-0.2, 0) is 32.2 Å². The molecule has 0 bridgehead atoms. The van der Waals surface area contributed by atoms with Crippen molar-refractivity contribution in [1.29, 1.82) is 0 Å². The van der Waals surface area contributed by atoms with Gasteiger partial charge in [-0.1, -0.05) is 30.3 Å². The summed E-state index contributed by atoms with van der Waals surface area (Å²) in [6.07, 6.45) is -10.5. The number of carbonyl (C=O) groups is 2. The van der Waals surface area contributed by atoms with E-state index in [9.17, 15) is 35.9 Å². The zero-order valence-electron chi connectivity index (χ0n) is 18.9. The van der Waals surface area contributed by atoms with Gasteiger partial charge in [0.1, 0.15) is 6.04 Å². The first-order valence-corrected chi connectivity index (χ1v) is 10.8. The summed E-state index contributed by atoms with van der Waals surface area (Å²) in [5, 5.41) is 5.39. The van der Waals surface area contributed by atoms with Crippen molar-refractivity contribution in [2.45, 2.75) is 56.7 Å². The fraction of sp³-hybridized carbons (Fsp3) is 0.417. The number of piperidine rings is 1. The third-order valence-corrected chi connectivity index (χ3v) is 5.90. The normalized spacial score (nSPS) is 21.8. The maximum atomic E-state index is 13.2. The van der Waals surface area contributed by atoms with E-state index < -0.39 is 47.1 Å². The van der Waals surface area contributed by atoms with Crippen LogP contribution < -0.4 is 10.6 Å². The van der Waals surface area contributed by atoms with E-state index in [0.29, 0.717) is 24.1 Å². The summed E-state index contributed by atoms with van der Waals surface area (Å²) in [5.41, 5.74) is -3.59. The standard InChI is InChI=1S/C24H24F6N2O3/c1-14(16-10-18(23(25,26)27)12-19(11-16)24(28,29)30)35-13-22(17-6-4-3-5-7-17)9-8-20(21(34)32-22)31-15(2)33/h3-7,10-12,14,20H,8-9,13H2,1-2H3,(H,31,33)(H,32,34)/t14-,20+,22-/m1/s1. The maximum Gasteiger partial charge on any atom is 0.416 e. The van der Waals surface area contributed by atoms with Gasteiger partial charge in [0.25, 0.3) is 0 Å². The molecule has 35 heavy (non-hydrogen) atoms. The van der Waals surface area contributed by atoms with Crippen molar-refractivity contribution in [1.82, 2.24) is 10.6 Å². The van der Waals surface area contributed by atoms with Gasteiger partial charge in [-0.3, -0.25) is 9.59 Å². The molecule has 1 saturated heterocycles. The number of nitrogens with one attached hydrogen (secondary N) is 2. The van der Waals surface area contributed by atoms with Crippen LogP contribution in [0.15, 0.2) is 48.5 Å². The molecule has 0 radical (unpaired) electrons. The second-order valence-corrected chi connectivity index (χ2v) is 8.52. The van der Waals surface area contributed by atoms with E-state index in [4.69, 9.17) is 4.74 Å². The van der Waals surface area contributed by atoms with Crippen LogP contribution in [0.1, 0.15) is 55.0 Å². The molecule has 11 heteroatoms. The number of rotatable bonds is 6. The van der Waals surface area contributed by atoms with Gasteiger partial charge in [0.05, 0.1) is 29.4 Å². The predicted molar refractivity (Wildman–Crippen MR) is 114 cm³/mol. The Kier molecular flexibility index (Phi) is 7.49. The van der Waals surface area contributed by atoms with Crippen molar-refractivity contribution in [2.24, 2.45) is 0 Å². The highest BCUT2D eigenvalue weighted by Crippen LogP contribution is 2.39. The van der Waals surface area contributed by atoms with Crippen LogP contribution >= 0.6 is 0 Å². The first-order valence-electron chi connectivity index (χ1n) is 10.8. The molecule has 2 aromatic rings. The molecule has 1 fully saturated rings. The zero-order chi connectivity index (χ0) is 26.0. The number of benzene rings is 2. The minimum Gasteiger partial charge on any atom is -0.371 e. The number of ether oxygens (including phenoxy) is 1. The first-order chi connectivity index (χ1) is 16.2. The van der Waals surface area contributed by atoms with E-state index in [0.717, 1.165) is 0 Å². The van der Waals surface area contributed by atoms with Crippen LogP contribution in [0.25, 0.3) is 0 Å². The van der Waals surface area contributed by atoms with Crippen molar-refractivity contribution in [2.75, 3.05) is 6.61 Å². The van der Waals surface area contributed by atoms with Crippen LogP contribution in [0.3, 0.4) is 0 Å². The molecule has 1 heterocycles. The van der Waals surface area contributed by atoms with Crippen LogP contribution in [0.4, 0.5) is 26.3 Å². The summed E-state index contributed by atoms with van der Waals surface area (Å²) < 4.78 is 85.2. The molecule has 5 nitrogen and oxygen atoms in total. The molecule has 0 aliphatic carbocycles. The smallest absolute Gasteiger partial charge is 0.371 e. The van der Waals surface area contributed by atoms with Crippen LogP contribution in [-0.4, -0.2) is 24.5 Å². The summed E-state index contributed by atoms with van der Waals surface area (Å²) in [6, 6.07) is 9.24. The number of hydrogen-bond acceptors (Lipinski definition) is 3. The summed E-state index contributed by atoms with van der Waals surface area (Å²) in [4.78, 5) is 24.1. The summed E-state index contributed by atoms with van der Waals surface area (Å²) in [7, 11) is 0. The monoisotopic (exact) mass is 502 g/mol. The number of amides is 2. The molecule has 2 amide bonds. The molecule has 3 atom stereocenters. The molecule has 1 aliphatic rings. The summed E-state index contributed by atoms with van der Waals surface area (Å²) >= 11 is 0. The van der Waals surface area contributed by atoms with Crippen molar-refractivity contribution >= 4 is 11.8 Å². The first kappa shape index (κ1) is 26.5. The van der Waals surface area contributed by atoms with Crippen molar-refractivity contribution < 1.29 is 40.7 Å². The fourth-order valence-electron chi connectivity index (χ4n) is 4.03. The molecule has 0 unspecified atom stereocenters. The Balaban J connectivity index is 1.89. The van der Waals surface area contributed by atoms with E-state index in [1.165, 1.54) is 13.8 Å². The number of alkyl halides is 6. The van der Waals surface area contributed by atoms with Gasteiger partial charge < -0.3 is 15.4 Å². The molecule has 1 aliphatic heterocycles. The van der Waals surface area contributed by atoms with Crippen LogP contribution in [0.5, 0.6) is 0 Å². The Morgan fingerprint density at radius 3 is 2.14 bits per heavy atom. The minimum atomic E-state index is -4.98. The molecule has 2 N–H and O–H groups in total. The van der Waals surface area contributed by atoms with Gasteiger partial charge in [-0.05, 0) is 49.1 Å². The lowest BCUT2D eigenvalue weighted by atomic mass is 9.81. The Hall–Kier alpha value is -3.08. The molecule has 0 saturated carbocycles. The highest BCUT2D eigenvalue weighted by molar-refractivity contribution is 5.88. The molecule has 0 spiro atoms. The largest absolute Gasteiger partial charge is 0.416 e. The van der Waals surface area contributed by atoms with Gasteiger partial charge in [-0.15, -0.1) is 0 Å². The molecular formula is C24H24F6N2O3. The molecule has 0 aromatic heterocycles. The Labute approximate surface area is 197 Å². The third-order valence-electron chi connectivity index (χ3n) is 5.90. The van der Waals surface area contributed by atoms with Gasteiger partial charge in [-0.2, -0.15) is 26.3 Å². The topological polar surface area (TPSA) is 67.4 Å². The van der Waals surface area contributed by atoms with Gasteiger partial charge in [0, 0.05) is 6.92 Å². The van der Waals surface area contributed by atoms with Gasteiger partial charge in [-0.25, -0.2) is 0 Å². The highest BCUT2D eigenvalue weighted by Gasteiger charge is 2.42. The average Bonchev–Trinajstić information content (AvgIpc) is 2.78. The van der Waals surface area contributed by atoms with Crippen molar-refractivity contribution in [3.05, 3.63) is 70.8 Å². The minimum absolute atomic E-state index is 0.0607. The summed E-state index contributed by atoms with van der Waals surface area (Å²) in [6.45, 7) is 2.41. The Morgan fingerprint density at radius 1 is 1.09 bits per heavy atom. The Morgan fingerprint density at radius 2 is 1.66 bits per heavy atom. The SMILES string of the molecule is CC(=O)N[C@H]1CC[C@@](CO[C@H](C)c2cc(C(F)(F)F)cc(C(F)(F)F)c2)(c2ccccc2)NC1=O. The van der Waals surface area contributed by atoms with Gasteiger partial charge >= 0.3 is 12.4 Å². The second kappa shape index (κ2) is 9.88. The van der Waals surface area contributed by atoms with Crippen LogP contribution in [0.2, 0.25) is 0 Å². The highest BCUT2D eigenvalue weighted by atomic mass is 19.4. The average molecular weight is 502 g/mol. The molecule has 3 rings (SSSR count). The Bertz CT molecular complexity index is 1040. The third kappa shape index (κ3) is 6.33. The molecule has 2 aromatic carbocycles. The van der Waals surface area contributed by atoms with E-state index in [-0.39, 0.29) is 30.6 Å². The van der Waals surface area contributed by atoms with E-state index in [1.807, 2.05) is 0 Å². The molecule has 190 valence electrons. The predicted octanol–water partition coefficient (Wildman–Crippen LogP) is 5.11. The van der Waals surface area contributed by atoms with Crippen LogP contribution in [0, 0.1) is 0 Å². The molecular weight excluding hydrogens is 478 g/mol. The maximum absolute atomic E-state index is 13.2. The van der Waals surface area contributed by atoms with Crippen molar-refractivity contribution in [3.8, 4) is 0 Å². The fourth-order valence-corrected chi connectivity index (χ4v) is 4.03. The lowest BCUT2D eigenvalue weighted by molar-refractivity contribution is -0.143. The van der Waals surface area contributed by atoms with E-state index in [1.54, 1.807) is 30.3 Å². The van der Waals surface area contributed by atoms with Gasteiger partial charge in [0.15, 0.2) is 0 Å².